The number of nitrogens with zero attached hydrogens (tertiary/aromatic N) is 1. The number of hydrogen-bond acceptors (Lipinski definition) is 3. The van der Waals surface area contributed by atoms with Crippen molar-refractivity contribution >= 4 is 41.0 Å². The van der Waals surface area contributed by atoms with E-state index in [0.29, 0.717) is 26.7 Å². The summed E-state index contributed by atoms with van der Waals surface area (Å²) in [5, 5.41) is 3.37. The number of hydrogen-bond donors (Lipinski definition) is 2. The summed E-state index contributed by atoms with van der Waals surface area (Å²) in [6.45, 7) is 1.68. The van der Waals surface area contributed by atoms with E-state index in [2.05, 4.69) is 5.32 Å². The second-order valence-electron chi connectivity index (χ2n) is 6.14. The van der Waals surface area contributed by atoms with E-state index in [1.54, 1.807) is 49.4 Å². The first kappa shape index (κ1) is 18.2. The van der Waals surface area contributed by atoms with Crippen LogP contribution in [0.3, 0.4) is 0 Å². The maximum absolute atomic E-state index is 12.9. The number of nitrogens with two attached hydrogens (primary N) is 1. The van der Waals surface area contributed by atoms with E-state index in [-0.39, 0.29) is 6.54 Å². The maximum atomic E-state index is 12.9. The topological polar surface area (TPSA) is 92.5 Å². The number of carbonyl (C=O) groups is 3. The molecule has 1 aliphatic rings. The average molecular weight is 392 g/mol. The molecule has 0 radical (unpaired) electrons. The Morgan fingerprint density at radius 3 is 2.35 bits per heavy atom. The van der Waals surface area contributed by atoms with Gasteiger partial charge in [-0.3, -0.25) is 14.5 Å². The number of amides is 4. The van der Waals surface area contributed by atoms with Crippen molar-refractivity contribution in [3.05, 3.63) is 69.2 Å². The molecule has 6 nitrogen and oxygen atoms in total. The van der Waals surface area contributed by atoms with Gasteiger partial charge in [-0.2, -0.15) is 0 Å². The summed E-state index contributed by atoms with van der Waals surface area (Å²) in [5.41, 5.74) is 5.55. The van der Waals surface area contributed by atoms with Crippen molar-refractivity contribution in [2.45, 2.75) is 19.0 Å². The van der Waals surface area contributed by atoms with Crippen LogP contribution in [0.2, 0.25) is 10.0 Å². The second-order valence-corrected chi connectivity index (χ2v) is 6.95. The van der Waals surface area contributed by atoms with Crippen LogP contribution in [0.1, 0.15) is 28.4 Å². The lowest BCUT2D eigenvalue weighted by Crippen LogP contribution is -2.40. The van der Waals surface area contributed by atoms with Crippen molar-refractivity contribution in [2.75, 3.05) is 0 Å². The largest absolute Gasteiger partial charge is 0.366 e. The first-order valence-electron chi connectivity index (χ1n) is 7.71. The van der Waals surface area contributed by atoms with Crippen LogP contribution in [-0.4, -0.2) is 22.7 Å². The van der Waals surface area contributed by atoms with Gasteiger partial charge < -0.3 is 11.1 Å². The number of halogens is 2. The predicted octanol–water partition coefficient (Wildman–Crippen LogP) is 3.06. The lowest BCUT2D eigenvalue weighted by atomic mass is 9.92. The van der Waals surface area contributed by atoms with Gasteiger partial charge in [0.05, 0.1) is 16.6 Å². The van der Waals surface area contributed by atoms with Crippen LogP contribution in [0.25, 0.3) is 0 Å². The van der Waals surface area contributed by atoms with E-state index in [9.17, 15) is 14.4 Å². The minimum absolute atomic E-state index is 0.0701. The molecular formula is C18H15Cl2N3O3. The van der Waals surface area contributed by atoms with Gasteiger partial charge in [-0.1, -0.05) is 41.4 Å². The minimum atomic E-state index is -1.24. The van der Waals surface area contributed by atoms with Crippen LogP contribution in [-0.2, 0) is 16.9 Å². The van der Waals surface area contributed by atoms with E-state index in [0.717, 1.165) is 4.90 Å². The number of urea groups is 1. The Kier molecular flexibility index (Phi) is 4.64. The quantitative estimate of drug-likeness (QED) is 0.784. The summed E-state index contributed by atoms with van der Waals surface area (Å²) in [5.74, 6) is -0.946. The number of carbonyl (C=O) groups excluding carboxylic acids is 3. The van der Waals surface area contributed by atoms with Gasteiger partial charge in [0.25, 0.3) is 5.91 Å². The maximum Gasteiger partial charge on any atom is 0.325 e. The molecule has 4 amide bonds. The summed E-state index contributed by atoms with van der Waals surface area (Å²) in [6, 6.07) is 10.7. The van der Waals surface area contributed by atoms with Gasteiger partial charge in [0.15, 0.2) is 0 Å². The fraction of sp³-hybridized carbons (Fsp3) is 0.167. The normalized spacial score (nSPS) is 19.6. The first-order valence-corrected chi connectivity index (χ1v) is 8.46. The predicted molar refractivity (Wildman–Crippen MR) is 97.9 cm³/mol. The highest BCUT2D eigenvalue weighted by Gasteiger charge is 2.49. The number of nitrogens with one attached hydrogen (secondary N) is 1. The minimum Gasteiger partial charge on any atom is -0.366 e. The van der Waals surface area contributed by atoms with Crippen molar-refractivity contribution in [1.29, 1.82) is 0 Å². The van der Waals surface area contributed by atoms with Gasteiger partial charge in [0, 0.05) is 5.56 Å². The molecule has 1 atom stereocenters. The average Bonchev–Trinajstić information content (AvgIpc) is 2.82. The van der Waals surface area contributed by atoms with E-state index in [1.165, 1.54) is 0 Å². The van der Waals surface area contributed by atoms with Crippen molar-refractivity contribution in [3.63, 3.8) is 0 Å². The fourth-order valence-electron chi connectivity index (χ4n) is 2.80. The molecule has 0 spiro atoms. The molecule has 0 unspecified atom stereocenters. The molecule has 134 valence electrons. The number of benzene rings is 2. The van der Waals surface area contributed by atoms with E-state index >= 15 is 0 Å². The van der Waals surface area contributed by atoms with Gasteiger partial charge in [-0.15, -0.1) is 0 Å². The third-order valence-corrected chi connectivity index (χ3v) is 5.09. The fourth-order valence-corrected chi connectivity index (χ4v) is 3.10. The van der Waals surface area contributed by atoms with Crippen LogP contribution in [0.15, 0.2) is 42.5 Å². The van der Waals surface area contributed by atoms with Gasteiger partial charge in [0.2, 0.25) is 5.91 Å². The molecule has 0 saturated carbocycles. The summed E-state index contributed by atoms with van der Waals surface area (Å²) in [6.07, 6.45) is 0. The molecule has 3 N–H and O–H groups in total. The van der Waals surface area contributed by atoms with E-state index in [1.807, 2.05) is 0 Å². The third kappa shape index (κ3) is 3.13. The highest BCUT2D eigenvalue weighted by Crippen LogP contribution is 2.33. The van der Waals surface area contributed by atoms with Crippen molar-refractivity contribution < 1.29 is 14.4 Å². The number of imide groups is 1. The molecule has 1 saturated heterocycles. The lowest BCUT2D eigenvalue weighted by molar-refractivity contribution is -0.131. The van der Waals surface area contributed by atoms with Gasteiger partial charge >= 0.3 is 6.03 Å². The third-order valence-electron chi connectivity index (χ3n) is 4.35. The molecular weight excluding hydrogens is 377 g/mol. The zero-order chi connectivity index (χ0) is 19.1. The van der Waals surface area contributed by atoms with Crippen LogP contribution >= 0.6 is 23.2 Å². The van der Waals surface area contributed by atoms with Crippen molar-refractivity contribution in [1.82, 2.24) is 10.2 Å². The summed E-state index contributed by atoms with van der Waals surface area (Å²) in [4.78, 5) is 37.5. The molecule has 0 aliphatic carbocycles. The number of primary amides is 1. The highest BCUT2D eigenvalue weighted by atomic mass is 35.5. The smallest absolute Gasteiger partial charge is 0.325 e. The molecule has 0 aromatic heterocycles. The molecule has 1 aliphatic heterocycles. The zero-order valence-corrected chi connectivity index (χ0v) is 15.3. The zero-order valence-electron chi connectivity index (χ0n) is 13.8. The molecule has 2 aromatic rings. The Balaban J connectivity index is 1.86. The standard InChI is InChI=1S/C18H15Cl2N3O3/c1-18(12-6-7-13(19)14(20)8-12)16(25)23(17(26)22-18)9-10-2-4-11(5-3-10)15(21)24/h2-8H,9H2,1H3,(H2,21,24)(H,22,26)/t18-/m1/s1. The number of rotatable bonds is 4. The van der Waals surface area contributed by atoms with E-state index < -0.39 is 23.4 Å². The monoisotopic (exact) mass is 391 g/mol. The van der Waals surface area contributed by atoms with Crippen molar-refractivity contribution in [2.24, 2.45) is 5.73 Å². The van der Waals surface area contributed by atoms with Crippen LogP contribution in [0.5, 0.6) is 0 Å². The Labute approximate surface area is 159 Å². The molecule has 8 heteroatoms. The molecule has 3 rings (SSSR count). The first-order chi connectivity index (χ1) is 12.2. The molecule has 0 bridgehead atoms. The van der Waals surface area contributed by atoms with Crippen LogP contribution < -0.4 is 11.1 Å². The van der Waals surface area contributed by atoms with Gasteiger partial charge in [-0.25, -0.2) is 4.79 Å². The summed E-state index contributed by atoms with van der Waals surface area (Å²) in [7, 11) is 0. The molecule has 26 heavy (non-hydrogen) atoms. The van der Waals surface area contributed by atoms with Crippen LogP contribution in [0, 0.1) is 0 Å². The Morgan fingerprint density at radius 2 is 1.77 bits per heavy atom. The second kappa shape index (κ2) is 6.63. The highest BCUT2D eigenvalue weighted by molar-refractivity contribution is 6.42. The van der Waals surface area contributed by atoms with Crippen molar-refractivity contribution in [3.8, 4) is 0 Å². The summed E-state index contributed by atoms with van der Waals surface area (Å²) < 4.78 is 0. The molecule has 1 heterocycles. The summed E-state index contributed by atoms with van der Waals surface area (Å²) >= 11 is 12.0. The molecule has 2 aromatic carbocycles. The lowest BCUT2D eigenvalue weighted by Gasteiger charge is -2.22. The SMILES string of the molecule is C[C@]1(c2ccc(Cl)c(Cl)c2)NC(=O)N(Cc2ccc(C(N)=O)cc2)C1=O. The van der Waals surface area contributed by atoms with Gasteiger partial charge in [-0.05, 0) is 42.3 Å². The van der Waals surface area contributed by atoms with Gasteiger partial charge in [0.1, 0.15) is 5.54 Å². The Hall–Kier alpha value is -2.57. The van der Waals surface area contributed by atoms with Crippen LogP contribution in [0.4, 0.5) is 4.79 Å². The van der Waals surface area contributed by atoms with E-state index in [4.69, 9.17) is 28.9 Å². The molecule has 1 fully saturated rings. The Bertz CT molecular complexity index is 914. The Morgan fingerprint density at radius 1 is 1.12 bits per heavy atom.